The van der Waals surface area contributed by atoms with Crippen LogP contribution in [-0.4, -0.2) is 62.8 Å². The predicted octanol–water partition coefficient (Wildman–Crippen LogP) is 4.37. The van der Waals surface area contributed by atoms with Gasteiger partial charge in [0.15, 0.2) is 5.69 Å². The highest BCUT2D eigenvalue weighted by Gasteiger charge is 2.35. The topological polar surface area (TPSA) is 116 Å². The van der Waals surface area contributed by atoms with E-state index in [2.05, 4.69) is 20.7 Å². The number of likely N-dealkylation sites (tertiary alicyclic amines) is 1. The van der Waals surface area contributed by atoms with Crippen molar-refractivity contribution in [1.82, 2.24) is 25.0 Å². The number of hydrogen-bond acceptors (Lipinski definition) is 6. The zero-order valence-corrected chi connectivity index (χ0v) is 21.3. The first-order chi connectivity index (χ1) is 18.6. The lowest BCUT2D eigenvalue weighted by Gasteiger charge is -2.38. The first kappa shape index (κ1) is 28.9. The summed E-state index contributed by atoms with van der Waals surface area (Å²) in [5.74, 6) is -1.26. The molecule has 1 fully saturated rings. The second-order valence-corrected chi connectivity index (χ2v) is 9.64. The zero-order chi connectivity index (χ0) is 29.4. The fourth-order valence-corrected chi connectivity index (χ4v) is 4.62. The molecule has 0 radical (unpaired) electrons. The number of rotatable bonds is 5. The van der Waals surface area contributed by atoms with Crippen LogP contribution in [0.2, 0.25) is 5.02 Å². The summed E-state index contributed by atoms with van der Waals surface area (Å²) < 4.78 is 79.3. The quantitative estimate of drug-likeness (QED) is 0.429. The number of amides is 2. The van der Waals surface area contributed by atoms with Crippen molar-refractivity contribution >= 4 is 40.0 Å². The van der Waals surface area contributed by atoms with Crippen molar-refractivity contribution in [3.8, 4) is 6.07 Å². The molecule has 0 unspecified atom stereocenters. The van der Waals surface area contributed by atoms with Gasteiger partial charge in [0.1, 0.15) is 18.3 Å². The summed E-state index contributed by atoms with van der Waals surface area (Å²) in [6.45, 7) is -0.124. The van der Waals surface area contributed by atoms with Gasteiger partial charge in [-0.05, 0) is 30.7 Å². The summed E-state index contributed by atoms with van der Waals surface area (Å²) in [5.41, 5.74) is -1.96. The van der Waals surface area contributed by atoms with E-state index in [1.165, 1.54) is 30.0 Å². The largest absolute Gasteiger partial charge is 0.433 e. The van der Waals surface area contributed by atoms with Crippen LogP contribution in [0.1, 0.15) is 35.1 Å². The Labute approximate surface area is 227 Å². The number of carbonyl (C=O) groups excluding carboxylic acids is 2. The molecule has 1 aliphatic rings. The highest BCUT2D eigenvalue weighted by molar-refractivity contribution is 6.31. The van der Waals surface area contributed by atoms with E-state index in [9.17, 15) is 41.2 Å². The van der Waals surface area contributed by atoms with Gasteiger partial charge in [0, 0.05) is 54.4 Å². The minimum Gasteiger partial charge on any atom is -0.380 e. The molecular formula is C24H20ClF6N7O2. The second-order valence-electron chi connectivity index (χ2n) is 9.20. The van der Waals surface area contributed by atoms with E-state index in [0.29, 0.717) is 10.1 Å². The van der Waals surface area contributed by atoms with Crippen LogP contribution >= 0.6 is 11.6 Å². The lowest BCUT2D eigenvalue weighted by molar-refractivity contribution is -0.143. The number of halogens is 7. The van der Waals surface area contributed by atoms with E-state index in [1.54, 1.807) is 6.07 Å². The predicted molar refractivity (Wildman–Crippen MR) is 130 cm³/mol. The average Bonchev–Trinajstić information content (AvgIpc) is 3.24. The highest BCUT2D eigenvalue weighted by atomic mass is 35.5. The molecule has 40 heavy (non-hydrogen) atoms. The van der Waals surface area contributed by atoms with Gasteiger partial charge in [-0.1, -0.05) is 11.6 Å². The Hall–Kier alpha value is -4.06. The summed E-state index contributed by atoms with van der Waals surface area (Å²) in [4.78, 5) is 30.2. The van der Waals surface area contributed by atoms with Gasteiger partial charge in [0.05, 0.1) is 11.1 Å². The van der Waals surface area contributed by atoms with Crippen LogP contribution in [-0.2, 0) is 17.5 Å². The van der Waals surface area contributed by atoms with Crippen molar-refractivity contribution in [2.24, 2.45) is 0 Å². The standard InChI is InChI=1S/C24H20ClF6N7O2/c1-12(39)37-8-14(33-19-6-21(24(29,30)31)35-18-3-2-13(25)4-16(18)19)5-15(9-37)34-22(40)17-10-38(11-23(26,27)28)36-20(17)7-32/h2-4,6,10,14-15H,5,8-9,11H2,1H3,(H,33,35)(H,34,40)/t14-,15+/m1/s1. The van der Waals surface area contributed by atoms with Gasteiger partial charge in [-0.25, -0.2) is 4.98 Å². The molecule has 0 bridgehead atoms. The number of alkyl halides is 6. The maximum atomic E-state index is 13.5. The Morgan fingerprint density at radius 1 is 1.15 bits per heavy atom. The lowest BCUT2D eigenvalue weighted by atomic mass is 9.99. The zero-order valence-electron chi connectivity index (χ0n) is 20.6. The Morgan fingerprint density at radius 3 is 2.48 bits per heavy atom. The molecule has 0 aliphatic carbocycles. The third kappa shape index (κ3) is 6.74. The van der Waals surface area contributed by atoms with Crippen LogP contribution in [0.25, 0.3) is 10.9 Å². The van der Waals surface area contributed by atoms with Gasteiger partial charge in [-0.3, -0.25) is 14.3 Å². The molecule has 2 aromatic heterocycles. The Bertz CT molecular complexity index is 1500. The minimum absolute atomic E-state index is 0.0224. The maximum absolute atomic E-state index is 13.5. The molecule has 0 spiro atoms. The van der Waals surface area contributed by atoms with Crippen molar-refractivity contribution in [3.05, 3.63) is 52.4 Å². The van der Waals surface area contributed by atoms with Crippen molar-refractivity contribution in [1.29, 1.82) is 5.26 Å². The van der Waals surface area contributed by atoms with Crippen LogP contribution in [0.3, 0.4) is 0 Å². The number of carbonyl (C=O) groups is 2. The van der Waals surface area contributed by atoms with E-state index in [0.717, 1.165) is 12.3 Å². The van der Waals surface area contributed by atoms with E-state index in [-0.39, 0.29) is 47.2 Å². The first-order valence-corrected chi connectivity index (χ1v) is 12.1. The van der Waals surface area contributed by atoms with Crippen LogP contribution in [0, 0.1) is 11.3 Å². The molecule has 0 saturated carbocycles. The SMILES string of the molecule is CC(=O)N1C[C@@H](NC(=O)c2cn(CC(F)(F)F)nc2C#N)C[C@@H](Nc2cc(C(F)(F)F)nc3ccc(Cl)cc23)C1. The summed E-state index contributed by atoms with van der Waals surface area (Å²) >= 11 is 6.06. The fourth-order valence-electron chi connectivity index (χ4n) is 4.45. The maximum Gasteiger partial charge on any atom is 0.433 e. The van der Waals surface area contributed by atoms with Gasteiger partial charge < -0.3 is 15.5 Å². The number of nitrogens with one attached hydrogen (secondary N) is 2. The molecule has 212 valence electrons. The van der Waals surface area contributed by atoms with Crippen molar-refractivity contribution in [2.45, 2.75) is 44.3 Å². The van der Waals surface area contributed by atoms with Crippen molar-refractivity contribution in [3.63, 3.8) is 0 Å². The summed E-state index contributed by atoms with van der Waals surface area (Å²) in [6, 6.07) is 5.17. The number of anilines is 1. The number of hydrogen-bond donors (Lipinski definition) is 2. The molecule has 3 aromatic rings. The molecule has 2 atom stereocenters. The van der Waals surface area contributed by atoms with E-state index < -0.39 is 48.3 Å². The number of aromatic nitrogens is 3. The third-order valence-corrected chi connectivity index (χ3v) is 6.34. The summed E-state index contributed by atoms with van der Waals surface area (Å²) in [5, 5.41) is 18.9. The third-order valence-electron chi connectivity index (χ3n) is 6.11. The normalized spacial score (nSPS) is 17.9. The number of nitrogens with zero attached hydrogens (tertiary/aromatic N) is 5. The number of nitriles is 1. The monoisotopic (exact) mass is 587 g/mol. The number of piperidine rings is 1. The molecule has 2 N–H and O–H groups in total. The Balaban J connectivity index is 1.60. The minimum atomic E-state index is -4.74. The Kier molecular flexibility index (Phi) is 7.84. The first-order valence-electron chi connectivity index (χ1n) is 11.7. The fraction of sp³-hybridized carbons (Fsp3) is 0.375. The molecule has 1 aromatic carbocycles. The molecule has 3 heterocycles. The summed E-state index contributed by atoms with van der Waals surface area (Å²) in [7, 11) is 0. The molecule has 2 amide bonds. The molecule has 1 saturated heterocycles. The van der Waals surface area contributed by atoms with Gasteiger partial charge in [-0.2, -0.15) is 36.7 Å². The van der Waals surface area contributed by atoms with Crippen molar-refractivity contribution in [2.75, 3.05) is 18.4 Å². The van der Waals surface area contributed by atoms with Gasteiger partial charge in [0.25, 0.3) is 5.91 Å². The van der Waals surface area contributed by atoms with E-state index in [4.69, 9.17) is 11.6 Å². The van der Waals surface area contributed by atoms with Gasteiger partial charge in [-0.15, -0.1) is 0 Å². The smallest absolute Gasteiger partial charge is 0.380 e. The molecule has 16 heteroatoms. The average molecular weight is 588 g/mol. The molecule has 1 aliphatic heterocycles. The van der Waals surface area contributed by atoms with Crippen LogP contribution in [0.5, 0.6) is 0 Å². The highest BCUT2D eigenvalue weighted by Crippen LogP contribution is 2.35. The Morgan fingerprint density at radius 2 is 1.85 bits per heavy atom. The number of fused-ring (bicyclic) bond motifs is 1. The molecular weight excluding hydrogens is 568 g/mol. The number of pyridine rings is 1. The van der Waals surface area contributed by atoms with Gasteiger partial charge >= 0.3 is 12.4 Å². The second kappa shape index (κ2) is 10.8. The van der Waals surface area contributed by atoms with E-state index >= 15 is 0 Å². The van der Waals surface area contributed by atoms with Crippen LogP contribution in [0.15, 0.2) is 30.5 Å². The molecule has 9 nitrogen and oxygen atoms in total. The number of benzene rings is 1. The van der Waals surface area contributed by atoms with Crippen LogP contribution < -0.4 is 10.6 Å². The van der Waals surface area contributed by atoms with Crippen molar-refractivity contribution < 1.29 is 35.9 Å². The van der Waals surface area contributed by atoms with E-state index in [1.807, 2.05) is 0 Å². The molecule has 4 rings (SSSR count). The van der Waals surface area contributed by atoms with Gasteiger partial charge in [0.2, 0.25) is 5.91 Å². The van der Waals surface area contributed by atoms with Crippen LogP contribution in [0.4, 0.5) is 32.0 Å². The summed E-state index contributed by atoms with van der Waals surface area (Å²) in [6.07, 6.45) is -8.45. The lowest BCUT2D eigenvalue weighted by Crippen LogP contribution is -2.55.